The lowest BCUT2D eigenvalue weighted by Crippen LogP contribution is -2.61. The Kier molecular flexibility index (Phi) is 7.23. The third-order valence-electron chi connectivity index (χ3n) is 7.50. The zero-order valence-electron chi connectivity index (χ0n) is 20.6. The smallest absolute Gasteiger partial charge is 0.282 e. The van der Waals surface area contributed by atoms with Gasteiger partial charge in [-0.3, -0.25) is 29.9 Å². The number of para-hydroxylation sites is 1. The Morgan fingerprint density at radius 1 is 0.974 bits per heavy atom. The van der Waals surface area contributed by atoms with Crippen LogP contribution in [0.4, 0.5) is 10.1 Å². The van der Waals surface area contributed by atoms with Gasteiger partial charge in [0.2, 0.25) is 5.91 Å². The largest absolute Gasteiger partial charge is 0.473 e. The standard InChI is InChI=1S/C26H28FN5O6/c27-21-10-9-16(38-24-18-6-2-1-5-17(18)23(33)28-29-24)15-20(21)26(35)31-13-11-30(12-14-31)25(34)19-7-3-4-8-22(19)32(36)37/h3-4,7-10,15,17-18,24,29H,1-2,5-6,11-14H2,(H,28,33). The van der Waals surface area contributed by atoms with Gasteiger partial charge >= 0.3 is 0 Å². The summed E-state index contributed by atoms with van der Waals surface area (Å²) in [6, 6.07) is 9.71. The maximum Gasteiger partial charge on any atom is 0.282 e. The molecule has 38 heavy (non-hydrogen) atoms. The molecule has 0 aromatic heterocycles. The number of hydrazine groups is 1. The molecule has 3 atom stereocenters. The van der Waals surface area contributed by atoms with E-state index in [4.69, 9.17) is 4.74 Å². The minimum Gasteiger partial charge on any atom is -0.473 e. The van der Waals surface area contributed by atoms with Crippen LogP contribution in [0.15, 0.2) is 42.5 Å². The quantitative estimate of drug-likeness (QED) is 0.452. The predicted octanol–water partition coefficient (Wildman–Crippen LogP) is 2.48. The van der Waals surface area contributed by atoms with E-state index in [0.29, 0.717) is 5.75 Å². The third kappa shape index (κ3) is 5.03. The number of amides is 3. The van der Waals surface area contributed by atoms with Gasteiger partial charge in [-0.1, -0.05) is 25.0 Å². The van der Waals surface area contributed by atoms with Gasteiger partial charge in [-0.15, -0.1) is 0 Å². The van der Waals surface area contributed by atoms with E-state index >= 15 is 0 Å². The molecule has 2 saturated heterocycles. The Bertz CT molecular complexity index is 1260. The highest BCUT2D eigenvalue weighted by atomic mass is 19.1. The van der Waals surface area contributed by atoms with Crippen molar-refractivity contribution in [2.24, 2.45) is 11.8 Å². The summed E-state index contributed by atoms with van der Waals surface area (Å²) in [5.41, 5.74) is 5.11. The summed E-state index contributed by atoms with van der Waals surface area (Å²) >= 11 is 0. The Morgan fingerprint density at radius 2 is 1.63 bits per heavy atom. The van der Waals surface area contributed by atoms with Crippen LogP contribution < -0.4 is 15.6 Å². The normalized spacial score (nSPS) is 23.3. The average Bonchev–Trinajstić information content (AvgIpc) is 2.95. The van der Waals surface area contributed by atoms with Crippen molar-refractivity contribution in [1.29, 1.82) is 0 Å². The monoisotopic (exact) mass is 525 g/mol. The molecule has 5 rings (SSSR count). The number of carbonyl (C=O) groups excluding carboxylic acids is 3. The van der Waals surface area contributed by atoms with E-state index in [9.17, 15) is 28.9 Å². The van der Waals surface area contributed by atoms with Crippen LogP contribution in [0, 0.1) is 27.8 Å². The summed E-state index contributed by atoms with van der Waals surface area (Å²) in [6.45, 7) is 0.609. The summed E-state index contributed by atoms with van der Waals surface area (Å²) in [6.07, 6.45) is 3.10. The van der Waals surface area contributed by atoms with Crippen molar-refractivity contribution >= 4 is 23.4 Å². The highest BCUT2D eigenvalue weighted by Crippen LogP contribution is 2.35. The number of halogens is 1. The summed E-state index contributed by atoms with van der Waals surface area (Å²) in [5, 5.41) is 11.3. The Hall–Kier alpha value is -4.06. The van der Waals surface area contributed by atoms with E-state index in [2.05, 4.69) is 10.9 Å². The first-order valence-electron chi connectivity index (χ1n) is 12.7. The van der Waals surface area contributed by atoms with E-state index < -0.39 is 28.8 Å². The number of nitro benzene ring substituents is 1. The Labute approximate surface area is 218 Å². The van der Waals surface area contributed by atoms with Gasteiger partial charge in [-0.2, -0.15) is 5.43 Å². The molecule has 12 heteroatoms. The van der Waals surface area contributed by atoms with Crippen LogP contribution in [-0.4, -0.2) is 64.9 Å². The molecular weight excluding hydrogens is 497 g/mol. The zero-order valence-corrected chi connectivity index (χ0v) is 20.6. The molecule has 2 aromatic rings. The Morgan fingerprint density at radius 3 is 2.34 bits per heavy atom. The number of nitrogens with zero attached hydrogens (tertiary/aromatic N) is 3. The first-order chi connectivity index (χ1) is 18.3. The van der Waals surface area contributed by atoms with Crippen LogP contribution in [0.25, 0.3) is 0 Å². The van der Waals surface area contributed by atoms with Crippen molar-refractivity contribution < 1.29 is 28.4 Å². The van der Waals surface area contributed by atoms with Crippen LogP contribution in [0.3, 0.4) is 0 Å². The summed E-state index contributed by atoms with van der Waals surface area (Å²) in [4.78, 5) is 51.9. The molecule has 3 unspecified atom stereocenters. The second-order valence-electron chi connectivity index (χ2n) is 9.73. The number of piperazine rings is 1. The third-order valence-corrected chi connectivity index (χ3v) is 7.50. The lowest BCUT2D eigenvalue weighted by molar-refractivity contribution is -0.385. The van der Waals surface area contributed by atoms with Crippen LogP contribution in [-0.2, 0) is 4.79 Å². The van der Waals surface area contributed by atoms with Gasteiger partial charge in [0.15, 0.2) is 6.23 Å². The first kappa shape index (κ1) is 25.6. The molecule has 3 aliphatic rings. The van der Waals surface area contributed by atoms with Crippen LogP contribution >= 0.6 is 0 Å². The lowest BCUT2D eigenvalue weighted by atomic mass is 9.77. The van der Waals surface area contributed by atoms with Crippen LogP contribution in [0.2, 0.25) is 0 Å². The number of rotatable bonds is 5. The van der Waals surface area contributed by atoms with Crippen molar-refractivity contribution in [2.45, 2.75) is 31.9 Å². The molecule has 1 saturated carbocycles. The van der Waals surface area contributed by atoms with Crippen molar-refractivity contribution in [3.63, 3.8) is 0 Å². The highest BCUT2D eigenvalue weighted by Gasteiger charge is 2.41. The van der Waals surface area contributed by atoms with Crippen molar-refractivity contribution in [3.05, 3.63) is 69.5 Å². The van der Waals surface area contributed by atoms with Crippen molar-refractivity contribution in [1.82, 2.24) is 20.7 Å². The molecule has 200 valence electrons. The minimum atomic E-state index is -0.693. The number of hydrogen-bond acceptors (Lipinski definition) is 7. The molecule has 0 bridgehead atoms. The van der Waals surface area contributed by atoms with E-state index in [0.717, 1.165) is 25.7 Å². The van der Waals surface area contributed by atoms with Crippen molar-refractivity contribution in [2.75, 3.05) is 26.2 Å². The van der Waals surface area contributed by atoms with Gasteiger partial charge in [0.25, 0.3) is 17.5 Å². The Balaban J connectivity index is 1.24. The minimum absolute atomic E-state index is 0.0131. The fourth-order valence-corrected chi connectivity index (χ4v) is 5.46. The van der Waals surface area contributed by atoms with E-state index in [-0.39, 0.29) is 60.7 Å². The molecular formula is C26H28FN5O6. The zero-order chi connectivity index (χ0) is 26.8. The predicted molar refractivity (Wildman–Crippen MR) is 132 cm³/mol. The fraction of sp³-hybridized carbons (Fsp3) is 0.423. The summed E-state index contributed by atoms with van der Waals surface area (Å²) in [5.74, 6) is -1.63. The fourth-order valence-electron chi connectivity index (χ4n) is 5.46. The number of benzene rings is 2. The van der Waals surface area contributed by atoms with Gasteiger partial charge in [0, 0.05) is 44.1 Å². The first-order valence-corrected chi connectivity index (χ1v) is 12.7. The molecule has 2 aliphatic heterocycles. The average molecular weight is 526 g/mol. The number of hydrogen-bond donors (Lipinski definition) is 2. The topological polar surface area (TPSA) is 134 Å². The highest BCUT2D eigenvalue weighted by molar-refractivity contribution is 5.98. The molecule has 2 heterocycles. The van der Waals surface area contributed by atoms with Gasteiger partial charge in [-0.25, -0.2) is 4.39 Å². The maximum atomic E-state index is 14.7. The van der Waals surface area contributed by atoms with Gasteiger partial charge in [0.1, 0.15) is 17.1 Å². The number of ether oxygens (including phenoxy) is 1. The number of carbonyl (C=O) groups is 3. The molecule has 2 N–H and O–H groups in total. The van der Waals surface area contributed by atoms with Gasteiger partial charge in [0.05, 0.1) is 10.5 Å². The van der Waals surface area contributed by atoms with E-state index in [1.165, 1.54) is 46.2 Å². The lowest BCUT2D eigenvalue weighted by Gasteiger charge is -2.40. The second-order valence-corrected chi connectivity index (χ2v) is 9.73. The molecule has 0 spiro atoms. The number of nitrogens with one attached hydrogen (secondary N) is 2. The molecule has 0 radical (unpaired) electrons. The van der Waals surface area contributed by atoms with E-state index in [1.807, 2.05) is 0 Å². The van der Waals surface area contributed by atoms with Gasteiger partial charge < -0.3 is 14.5 Å². The summed E-state index contributed by atoms with van der Waals surface area (Å²) < 4.78 is 20.8. The molecule has 1 aliphatic carbocycles. The van der Waals surface area contributed by atoms with E-state index in [1.54, 1.807) is 6.07 Å². The maximum absolute atomic E-state index is 14.7. The summed E-state index contributed by atoms with van der Waals surface area (Å²) in [7, 11) is 0. The molecule has 2 aromatic carbocycles. The molecule has 11 nitrogen and oxygen atoms in total. The number of fused-ring (bicyclic) bond motifs is 1. The number of nitro groups is 1. The molecule has 3 fully saturated rings. The van der Waals surface area contributed by atoms with Crippen LogP contribution in [0.5, 0.6) is 5.75 Å². The van der Waals surface area contributed by atoms with Crippen molar-refractivity contribution in [3.8, 4) is 5.75 Å². The van der Waals surface area contributed by atoms with Gasteiger partial charge in [-0.05, 0) is 37.1 Å². The molecule has 3 amide bonds. The van der Waals surface area contributed by atoms with Crippen LogP contribution in [0.1, 0.15) is 46.4 Å². The SMILES string of the molecule is O=C1NNC(Oc2ccc(F)c(C(=O)N3CCN(C(=O)c4ccccc4[N+](=O)[O-])CC3)c2)C2CCCCC12. The second kappa shape index (κ2) is 10.7.